The molecule has 0 aliphatic carbocycles. The second kappa shape index (κ2) is 8.86. The Balaban J connectivity index is 4.18. The lowest BCUT2D eigenvalue weighted by Crippen LogP contribution is -2.23. The van der Waals surface area contributed by atoms with Crippen molar-refractivity contribution < 1.29 is 14.6 Å². The van der Waals surface area contributed by atoms with Crippen LogP contribution in [-0.4, -0.2) is 45.7 Å². The fraction of sp³-hybridized carbons (Fsp3) is 0.846. The first-order valence-corrected chi connectivity index (χ1v) is 10.0. The molecule has 0 bridgehead atoms. The van der Waals surface area contributed by atoms with E-state index in [0.29, 0.717) is 19.8 Å². The Hall–Kier alpha value is -0.163. The van der Waals surface area contributed by atoms with E-state index < -0.39 is 8.07 Å². The second-order valence-electron chi connectivity index (χ2n) is 5.26. The summed E-state index contributed by atoms with van der Waals surface area (Å²) in [6.45, 7) is 13.2. The van der Waals surface area contributed by atoms with E-state index in [1.807, 2.05) is 13.8 Å². The highest BCUT2D eigenvalue weighted by Crippen LogP contribution is 2.13. The highest BCUT2D eigenvalue weighted by atomic mass is 28.3. The van der Waals surface area contributed by atoms with Gasteiger partial charge in [0.05, 0.1) is 34.0 Å². The van der Waals surface area contributed by atoms with Crippen molar-refractivity contribution in [2.75, 3.05) is 26.4 Å². The van der Waals surface area contributed by atoms with Crippen molar-refractivity contribution in [1.82, 2.24) is 0 Å². The van der Waals surface area contributed by atoms with Crippen molar-refractivity contribution in [2.45, 2.75) is 46.0 Å². The molecular formula is C13H28O3Si. The van der Waals surface area contributed by atoms with Gasteiger partial charge in [-0.05, 0) is 18.9 Å². The molecule has 4 heteroatoms. The minimum atomic E-state index is -1.31. The third-order valence-electron chi connectivity index (χ3n) is 2.28. The molecule has 102 valence electrons. The van der Waals surface area contributed by atoms with Crippen LogP contribution in [0, 0.1) is 0 Å². The smallest absolute Gasteiger partial charge is 0.0766 e. The van der Waals surface area contributed by atoms with Crippen LogP contribution in [0.3, 0.4) is 0 Å². The second-order valence-corrected chi connectivity index (χ2v) is 10.3. The molecule has 0 radical (unpaired) electrons. The fourth-order valence-electron chi connectivity index (χ4n) is 1.50. The van der Waals surface area contributed by atoms with Crippen molar-refractivity contribution in [3.63, 3.8) is 0 Å². The van der Waals surface area contributed by atoms with Gasteiger partial charge < -0.3 is 14.6 Å². The molecule has 0 saturated heterocycles. The van der Waals surface area contributed by atoms with Gasteiger partial charge in [-0.3, -0.25) is 0 Å². The zero-order chi connectivity index (χ0) is 13.3. The molecule has 0 fully saturated rings. The average Bonchev–Trinajstić information content (AvgIpc) is 2.24. The predicted octanol–water partition coefficient (Wildman–Crippen LogP) is 2.61. The Kier molecular flexibility index (Phi) is 8.77. The Bertz CT molecular complexity index is 221. The molecular weight excluding hydrogens is 232 g/mol. The lowest BCUT2D eigenvalue weighted by molar-refractivity contribution is 0.0552. The molecule has 0 amide bonds. The van der Waals surface area contributed by atoms with Crippen LogP contribution in [0.5, 0.6) is 0 Å². The fourth-order valence-corrected chi connectivity index (χ4v) is 2.89. The van der Waals surface area contributed by atoms with E-state index in [9.17, 15) is 5.11 Å². The molecule has 1 atom stereocenters. The molecule has 0 saturated carbocycles. The van der Waals surface area contributed by atoms with Gasteiger partial charge in [0.2, 0.25) is 0 Å². The standard InChI is InChI=1S/C13H28O3Si/c1-6-13(14)12(11-17(3,4)5)10-16-9-8-15-7-2/h11,13-14H,6-10H2,1-5H3/b12-11+. The molecule has 0 heterocycles. The SMILES string of the molecule is CCOCCOC/C(=C\[Si](C)(C)C)C(O)CC. The Morgan fingerprint density at radius 3 is 2.24 bits per heavy atom. The minimum absolute atomic E-state index is 0.367. The summed E-state index contributed by atoms with van der Waals surface area (Å²) in [7, 11) is -1.31. The summed E-state index contributed by atoms with van der Waals surface area (Å²) in [4.78, 5) is 0. The molecule has 0 aromatic heterocycles. The van der Waals surface area contributed by atoms with Crippen molar-refractivity contribution in [3.05, 3.63) is 11.3 Å². The molecule has 1 N–H and O–H groups in total. The monoisotopic (exact) mass is 260 g/mol. The molecule has 0 rings (SSSR count). The quantitative estimate of drug-likeness (QED) is 0.511. The minimum Gasteiger partial charge on any atom is -0.389 e. The van der Waals surface area contributed by atoms with Gasteiger partial charge in [-0.1, -0.05) is 32.3 Å². The molecule has 3 nitrogen and oxygen atoms in total. The zero-order valence-corrected chi connectivity index (χ0v) is 13.0. The molecule has 0 aromatic carbocycles. The molecule has 1 unspecified atom stereocenters. The summed E-state index contributed by atoms with van der Waals surface area (Å²) >= 11 is 0. The van der Waals surface area contributed by atoms with E-state index in [2.05, 4.69) is 25.3 Å². The Morgan fingerprint density at radius 1 is 1.18 bits per heavy atom. The number of hydrogen-bond acceptors (Lipinski definition) is 3. The van der Waals surface area contributed by atoms with Crippen molar-refractivity contribution in [3.8, 4) is 0 Å². The van der Waals surface area contributed by atoms with Gasteiger partial charge in [0, 0.05) is 6.61 Å². The average molecular weight is 260 g/mol. The summed E-state index contributed by atoms with van der Waals surface area (Å²) in [5.74, 6) is 0. The van der Waals surface area contributed by atoms with E-state index in [-0.39, 0.29) is 6.10 Å². The van der Waals surface area contributed by atoms with Crippen LogP contribution in [0.2, 0.25) is 19.6 Å². The van der Waals surface area contributed by atoms with Crippen LogP contribution in [0.25, 0.3) is 0 Å². The van der Waals surface area contributed by atoms with E-state index in [1.54, 1.807) is 0 Å². The maximum absolute atomic E-state index is 9.93. The first-order valence-electron chi connectivity index (χ1n) is 6.45. The number of hydrogen-bond donors (Lipinski definition) is 1. The highest BCUT2D eigenvalue weighted by Gasteiger charge is 2.15. The topological polar surface area (TPSA) is 38.7 Å². The number of rotatable bonds is 9. The first kappa shape index (κ1) is 16.8. The van der Waals surface area contributed by atoms with Crippen molar-refractivity contribution in [2.24, 2.45) is 0 Å². The van der Waals surface area contributed by atoms with Gasteiger partial charge in [0.1, 0.15) is 0 Å². The Labute approximate surface area is 107 Å². The van der Waals surface area contributed by atoms with E-state index in [1.165, 1.54) is 0 Å². The van der Waals surface area contributed by atoms with Gasteiger partial charge in [0.15, 0.2) is 0 Å². The van der Waals surface area contributed by atoms with Gasteiger partial charge in [0.25, 0.3) is 0 Å². The van der Waals surface area contributed by atoms with Crippen LogP contribution < -0.4 is 0 Å². The largest absolute Gasteiger partial charge is 0.389 e. The van der Waals surface area contributed by atoms with Crippen LogP contribution in [0.4, 0.5) is 0 Å². The van der Waals surface area contributed by atoms with Gasteiger partial charge in [-0.15, -0.1) is 0 Å². The Morgan fingerprint density at radius 2 is 1.76 bits per heavy atom. The maximum atomic E-state index is 9.93. The molecule has 0 aliphatic rings. The molecule has 0 aliphatic heterocycles. The lowest BCUT2D eigenvalue weighted by Gasteiger charge is -2.18. The van der Waals surface area contributed by atoms with Crippen LogP contribution in [0.15, 0.2) is 11.3 Å². The molecule has 0 aromatic rings. The van der Waals surface area contributed by atoms with Gasteiger partial charge in [-0.2, -0.15) is 0 Å². The first-order chi connectivity index (χ1) is 7.90. The lowest BCUT2D eigenvalue weighted by atomic mass is 10.1. The van der Waals surface area contributed by atoms with Gasteiger partial charge in [-0.25, -0.2) is 0 Å². The van der Waals surface area contributed by atoms with E-state index in [0.717, 1.165) is 18.6 Å². The third kappa shape index (κ3) is 9.53. The summed E-state index contributed by atoms with van der Waals surface area (Å²) in [6.07, 6.45) is 0.374. The molecule has 0 spiro atoms. The highest BCUT2D eigenvalue weighted by molar-refractivity contribution is 6.81. The summed E-state index contributed by atoms with van der Waals surface area (Å²) in [5.41, 5.74) is 3.27. The zero-order valence-electron chi connectivity index (χ0n) is 12.0. The van der Waals surface area contributed by atoms with Crippen molar-refractivity contribution in [1.29, 1.82) is 0 Å². The predicted molar refractivity (Wildman–Crippen MR) is 75.0 cm³/mol. The summed E-state index contributed by atoms with van der Waals surface area (Å²) in [5, 5.41) is 9.93. The summed E-state index contributed by atoms with van der Waals surface area (Å²) in [6, 6.07) is 0. The number of aliphatic hydroxyl groups is 1. The van der Waals surface area contributed by atoms with Gasteiger partial charge >= 0.3 is 0 Å². The van der Waals surface area contributed by atoms with Crippen molar-refractivity contribution >= 4 is 8.07 Å². The molecule has 17 heavy (non-hydrogen) atoms. The maximum Gasteiger partial charge on any atom is 0.0766 e. The van der Waals surface area contributed by atoms with Crippen LogP contribution >= 0.6 is 0 Å². The normalized spacial score (nSPS) is 15.1. The number of ether oxygens (including phenoxy) is 2. The van der Waals surface area contributed by atoms with Crippen LogP contribution in [0.1, 0.15) is 20.3 Å². The third-order valence-corrected chi connectivity index (χ3v) is 3.51. The number of aliphatic hydroxyl groups excluding tert-OH is 1. The van der Waals surface area contributed by atoms with E-state index in [4.69, 9.17) is 9.47 Å². The van der Waals surface area contributed by atoms with Crippen LogP contribution in [-0.2, 0) is 9.47 Å². The summed E-state index contributed by atoms with van der Waals surface area (Å²) < 4.78 is 10.7. The van der Waals surface area contributed by atoms with E-state index >= 15 is 0 Å².